The molecule has 0 amide bonds. The van der Waals surface area contributed by atoms with Crippen LogP contribution in [-0.2, 0) is 0 Å². The number of hydrogen-bond acceptors (Lipinski definition) is 1. The Morgan fingerprint density at radius 3 is 1.76 bits per heavy atom. The number of aryl methyl sites for hydroxylation is 1. The third-order valence-corrected chi connectivity index (χ3v) is 5.72. The zero-order valence-electron chi connectivity index (χ0n) is 13.6. The zero-order valence-corrected chi connectivity index (χ0v) is 15.2. The van der Waals surface area contributed by atoms with Gasteiger partial charge in [-0.1, -0.05) is 28.1 Å². The molecule has 0 saturated carbocycles. The van der Waals surface area contributed by atoms with E-state index in [9.17, 15) is 5.11 Å². The second-order valence-corrected chi connectivity index (χ2v) is 6.80. The summed E-state index contributed by atoms with van der Waals surface area (Å²) in [6.07, 6.45) is -0.574. The van der Waals surface area contributed by atoms with Gasteiger partial charge in [0.25, 0.3) is 0 Å². The van der Waals surface area contributed by atoms with Crippen molar-refractivity contribution in [2.75, 3.05) is 0 Å². The van der Waals surface area contributed by atoms with Gasteiger partial charge in [0.1, 0.15) is 6.10 Å². The number of aliphatic hydroxyl groups excluding tert-OH is 1. The van der Waals surface area contributed by atoms with E-state index in [1.165, 1.54) is 27.8 Å². The van der Waals surface area contributed by atoms with Crippen molar-refractivity contribution in [3.8, 4) is 0 Å². The van der Waals surface area contributed by atoms with Crippen molar-refractivity contribution in [2.45, 2.75) is 47.6 Å². The highest BCUT2D eigenvalue weighted by atomic mass is 79.9. The third-order valence-electron chi connectivity index (χ3n) is 4.83. The molecule has 2 aromatic rings. The average Bonchev–Trinajstić information content (AvgIpc) is 2.46. The minimum absolute atomic E-state index is 0.574. The Morgan fingerprint density at radius 1 is 0.810 bits per heavy atom. The number of halogens is 1. The summed E-state index contributed by atoms with van der Waals surface area (Å²) in [7, 11) is 0. The molecule has 1 atom stereocenters. The number of hydrogen-bond donors (Lipinski definition) is 1. The summed E-state index contributed by atoms with van der Waals surface area (Å²) in [5.74, 6) is 0. The van der Waals surface area contributed by atoms with Crippen molar-refractivity contribution in [3.63, 3.8) is 0 Å². The lowest BCUT2D eigenvalue weighted by Crippen LogP contribution is -2.09. The molecule has 0 fully saturated rings. The number of benzene rings is 2. The van der Waals surface area contributed by atoms with Crippen LogP contribution < -0.4 is 0 Å². The predicted molar refractivity (Wildman–Crippen MR) is 93.1 cm³/mol. The average molecular weight is 347 g/mol. The van der Waals surface area contributed by atoms with E-state index in [0.29, 0.717) is 0 Å². The first-order valence-corrected chi connectivity index (χ1v) is 8.06. The number of aliphatic hydroxyl groups is 1. The van der Waals surface area contributed by atoms with Gasteiger partial charge in [0.15, 0.2) is 0 Å². The van der Waals surface area contributed by atoms with Crippen molar-refractivity contribution < 1.29 is 5.11 Å². The molecule has 21 heavy (non-hydrogen) atoms. The molecule has 1 N–H and O–H groups in total. The molecule has 2 heteroatoms. The van der Waals surface area contributed by atoms with Gasteiger partial charge in [-0.25, -0.2) is 0 Å². The molecule has 0 saturated heterocycles. The largest absolute Gasteiger partial charge is 0.384 e. The molecular weight excluding hydrogens is 324 g/mol. The lowest BCUT2D eigenvalue weighted by molar-refractivity contribution is 0.218. The molecular formula is C19H23BrO. The minimum atomic E-state index is -0.574. The van der Waals surface area contributed by atoms with Crippen molar-refractivity contribution in [1.82, 2.24) is 0 Å². The van der Waals surface area contributed by atoms with E-state index in [1.54, 1.807) is 0 Å². The van der Waals surface area contributed by atoms with Crippen LogP contribution in [-0.4, -0.2) is 5.11 Å². The van der Waals surface area contributed by atoms with E-state index < -0.39 is 6.10 Å². The molecule has 0 aliphatic rings. The molecule has 0 aromatic heterocycles. The molecule has 0 radical (unpaired) electrons. The van der Waals surface area contributed by atoms with Crippen LogP contribution >= 0.6 is 15.9 Å². The number of rotatable bonds is 2. The van der Waals surface area contributed by atoms with Crippen molar-refractivity contribution in [1.29, 1.82) is 0 Å². The SMILES string of the molecule is Cc1cc(C(O)c2c(C)c(C)c(C)c(C)c2C)ccc1Br. The van der Waals surface area contributed by atoms with Crippen LogP contribution in [0.2, 0.25) is 0 Å². The van der Waals surface area contributed by atoms with Gasteiger partial charge in [-0.2, -0.15) is 0 Å². The van der Waals surface area contributed by atoms with Crippen molar-refractivity contribution in [3.05, 3.63) is 67.2 Å². The monoisotopic (exact) mass is 346 g/mol. The fourth-order valence-corrected chi connectivity index (χ4v) is 3.19. The van der Waals surface area contributed by atoms with Crippen LogP contribution in [0.1, 0.15) is 50.6 Å². The Labute approximate surface area is 136 Å². The third kappa shape index (κ3) is 2.79. The fourth-order valence-electron chi connectivity index (χ4n) is 2.94. The van der Waals surface area contributed by atoms with Gasteiger partial charge >= 0.3 is 0 Å². The maximum Gasteiger partial charge on any atom is 0.105 e. The first-order chi connectivity index (χ1) is 9.75. The lowest BCUT2D eigenvalue weighted by atomic mass is 9.85. The molecule has 0 aliphatic heterocycles. The Hall–Kier alpha value is -1.12. The van der Waals surface area contributed by atoms with E-state index in [0.717, 1.165) is 21.2 Å². The Bertz CT molecular complexity index is 672. The molecule has 112 valence electrons. The van der Waals surface area contributed by atoms with Crippen LogP contribution in [0.25, 0.3) is 0 Å². The van der Waals surface area contributed by atoms with Gasteiger partial charge in [0.05, 0.1) is 0 Å². The quantitative estimate of drug-likeness (QED) is 0.773. The predicted octanol–water partition coefficient (Wildman–Crippen LogP) is 5.38. The Morgan fingerprint density at radius 2 is 1.29 bits per heavy atom. The molecule has 0 aliphatic carbocycles. The van der Waals surface area contributed by atoms with Crippen LogP contribution in [0.15, 0.2) is 22.7 Å². The molecule has 0 bridgehead atoms. The fraction of sp³-hybridized carbons (Fsp3) is 0.368. The van der Waals surface area contributed by atoms with Crippen LogP contribution in [0.3, 0.4) is 0 Å². The van der Waals surface area contributed by atoms with Crippen molar-refractivity contribution in [2.24, 2.45) is 0 Å². The maximum atomic E-state index is 10.9. The van der Waals surface area contributed by atoms with Gasteiger partial charge in [-0.3, -0.25) is 0 Å². The van der Waals surface area contributed by atoms with Gasteiger partial charge < -0.3 is 5.11 Å². The highest BCUT2D eigenvalue weighted by Gasteiger charge is 2.20. The van der Waals surface area contributed by atoms with Crippen LogP contribution in [0, 0.1) is 41.5 Å². The Balaban J connectivity index is 2.63. The first-order valence-electron chi connectivity index (χ1n) is 7.26. The van der Waals surface area contributed by atoms with Crippen LogP contribution in [0.4, 0.5) is 0 Å². The summed E-state index contributed by atoms with van der Waals surface area (Å²) >= 11 is 3.51. The summed E-state index contributed by atoms with van der Waals surface area (Å²) in [5.41, 5.74) is 9.42. The van der Waals surface area contributed by atoms with E-state index >= 15 is 0 Å². The summed E-state index contributed by atoms with van der Waals surface area (Å²) in [6.45, 7) is 12.7. The topological polar surface area (TPSA) is 20.2 Å². The minimum Gasteiger partial charge on any atom is -0.384 e. The van der Waals surface area contributed by atoms with Gasteiger partial charge in [0, 0.05) is 4.47 Å². The highest BCUT2D eigenvalue weighted by Crippen LogP contribution is 2.34. The summed E-state index contributed by atoms with van der Waals surface area (Å²) in [4.78, 5) is 0. The molecule has 1 nitrogen and oxygen atoms in total. The Kier molecular flexibility index (Phi) is 4.60. The van der Waals surface area contributed by atoms with E-state index in [1.807, 2.05) is 19.1 Å². The smallest absolute Gasteiger partial charge is 0.105 e. The van der Waals surface area contributed by atoms with Crippen LogP contribution in [0.5, 0.6) is 0 Å². The van der Waals surface area contributed by atoms with Gasteiger partial charge in [0.2, 0.25) is 0 Å². The molecule has 1 unspecified atom stereocenters. The van der Waals surface area contributed by atoms with Gasteiger partial charge in [-0.15, -0.1) is 0 Å². The molecule has 2 aromatic carbocycles. The highest BCUT2D eigenvalue weighted by molar-refractivity contribution is 9.10. The normalized spacial score (nSPS) is 12.6. The lowest BCUT2D eigenvalue weighted by Gasteiger charge is -2.23. The summed E-state index contributed by atoms with van der Waals surface area (Å²) in [6, 6.07) is 6.05. The molecule has 0 heterocycles. The standard InChI is InChI=1S/C19H23BrO/c1-10-9-16(7-8-17(10)20)19(21)18-14(5)12(3)11(2)13(4)15(18)6/h7-9,19,21H,1-6H3. The van der Waals surface area contributed by atoms with E-state index in [4.69, 9.17) is 0 Å². The summed E-state index contributed by atoms with van der Waals surface area (Å²) in [5, 5.41) is 10.9. The zero-order chi connectivity index (χ0) is 15.9. The summed E-state index contributed by atoms with van der Waals surface area (Å²) < 4.78 is 1.07. The van der Waals surface area contributed by atoms with Crippen molar-refractivity contribution >= 4 is 15.9 Å². The second kappa shape index (κ2) is 5.94. The maximum absolute atomic E-state index is 10.9. The first kappa shape index (κ1) is 16.3. The van der Waals surface area contributed by atoms with Gasteiger partial charge in [-0.05, 0) is 92.1 Å². The molecule has 2 rings (SSSR count). The molecule has 0 spiro atoms. The van der Waals surface area contributed by atoms with E-state index in [-0.39, 0.29) is 0 Å². The second-order valence-electron chi connectivity index (χ2n) is 5.95. The van der Waals surface area contributed by atoms with E-state index in [2.05, 4.69) is 56.6 Å².